The Morgan fingerprint density at radius 2 is 1.95 bits per heavy atom. The zero-order chi connectivity index (χ0) is 15.8. The molecule has 21 heavy (non-hydrogen) atoms. The van der Waals surface area contributed by atoms with Crippen LogP contribution in [0.2, 0.25) is 0 Å². The van der Waals surface area contributed by atoms with Gasteiger partial charge in [-0.3, -0.25) is 19.8 Å². The SMILES string of the molecule is CCCCN(C(=O)c1ccc([N+](=O)[O-])cc1)C(=S)SCC. The van der Waals surface area contributed by atoms with Crippen LogP contribution < -0.4 is 0 Å². The van der Waals surface area contributed by atoms with Crippen LogP contribution in [0, 0.1) is 10.1 Å². The lowest BCUT2D eigenvalue weighted by Gasteiger charge is -2.22. The number of nitrogens with zero attached hydrogens (tertiary/aromatic N) is 2. The average Bonchev–Trinajstić information content (AvgIpc) is 2.47. The van der Waals surface area contributed by atoms with E-state index in [1.807, 2.05) is 13.8 Å². The van der Waals surface area contributed by atoms with E-state index < -0.39 is 4.92 Å². The van der Waals surface area contributed by atoms with Crippen LogP contribution in [0.15, 0.2) is 24.3 Å². The summed E-state index contributed by atoms with van der Waals surface area (Å²) in [7, 11) is 0. The third-order valence-electron chi connectivity index (χ3n) is 2.79. The van der Waals surface area contributed by atoms with E-state index in [1.165, 1.54) is 36.0 Å². The molecule has 7 heteroatoms. The monoisotopic (exact) mass is 326 g/mol. The summed E-state index contributed by atoms with van der Waals surface area (Å²) in [6, 6.07) is 5.61. The quantitative estimate of drug-likeness (QED) is 0.451. The van der Waals surface area contributed by atoms with Crippen molar-refractivity contribution in [2.45, 2.75) is 26.7 Å². The van der Waals surface area contributed by atoms with Crippen LogP contribution in [0.1, 0.15) is 37.0 Å². The minimum absolute atomic E-state index is 0.0304. The molecule has 0 aliphatic heterocycles. The molecular formula is C14H18N2O3S2. The lowest BCUT2D eigenvalue weighted by atomic mass is 10.2. The molecule has 1 aromatic carbocycles. The molecule has 0 aromatic heterocycles. The van der Waals surface area contributed by atoms with E-state index >= 15 is 0 Å². The van der Waals surface area contributed by atoms with Crippen molar-refractivity contribution >= 4 is 39.9 Å². The van der Waals surface area contributed by atoms with Crippen molar-refractivity contribution in [1.82, 2.24) is 4.90 Å². The van der Waals surface area contributed by atoms with Gasteiger partial charge in [0, 0.05) is 24.2 Å². The number of thiocarbonyl (C=S) groups is 1. The fraction of sp³-hybridized carbons (Fsp3) is 0.429. The third-order valence-corrected chi connectivity index (χ3v) is 4.12. The number of carbonyl (C=O) groups excluding carboxylic acids is 1. The van der Waals surface area contributed by atoms with Crippen LogP contribution in [0.5, 0.6) is 0 Å². The highest BCUT2D eigenvalue weighted by atomic mass is 32.2. The largest absolute Gasteiger partial charge is 0.294 e. The summed E-state index contributed by atoms with van der Waals surface area (Å²) in [4.78, 5) is 24.2. The van der Waals surface area contributed by atoms with Crippen molar-refractivity contribution in [2.75, 3.05) is 12.3 Å². The first kappa shape index (κ1) is 17.6. The Balaban J connectivity index is 2.92. The Bertz CT molecular complexity index is 517. The zero-order valence-electron chi connectivity index (χ0n) is 12.1. The van der Waals surface area contributed by atoms with Crippen molar-refractivity contribution in [3.8, 4) is 0 Å². The Morgan fingerprint density at radius 1 is 1.33 bits per heavy atom. The Hall–Kier alpha value is -1.47. The van der Waals surface area contributed by atoms with E-state index in [0.717, 1.165) is 18.6 Å². The van der Waals surface area contributed by atoms with Crippen molar-refractivity contribution in [1.29, 1.82) is 0 Å². The van der Waals surface area contributed by atoms with E-state index in [2.05, 4.69) is 0 Å². The smallest absolute Gasteiger partial charge is 0.269 e. The van der Waals surface area contributed by atoms with Gasteiger partial charge in [0.05, 0.1) is 4.92 Å². The first-order valence-electron chi connectivity index (χ1n) is 6.74. The zero-order valence-corrected chi connectivity index (χ0v) is 13.7. The fourth-order valence-corrected chi connectivity index (χ4v) is 2.78. The number of hydrogen-bond acceptors (Lipinski definition) is 5. The van der Waals surface area contributed by atoms with Gasteiger partial charge < -0.3 is 0 Å². The van der Waals surface area contributed by atoms with Crippen LogP contribution in [0.3, 0.4) is 0 Å². The molecule has 0 saturated heterocycles. The lowest BCUT2D eigenvalue weighted by Crippen LogP contribution is -2.35. The number of hydrogen-bond donors (Lipinski definition) is 0. The van der Waals surface area contributed by atoms with E-state index in [9.17, 15) is 14.9 Å². The standard InChI is InChI=1S/C14H18N2O3S2/c1-3-5-10-15(14(20)21-4-2)13(17)11-6-8-12(9-7-11)16(18)19/h6-9H,3-5,10H2,1-2H3. The van der Waals surface area contributed by atoms with E-state index in [-0.39, 0.29) is 11.6 Å². The molecule has 1 rings (SSSR count). The molecule has 0 unspecified atom stereocenters. The van der Waals surface area contributed by atoms with Gasteiger partial charge in [-0.2, -0.15) is 0 Å². The molecule has 0 bridgehead atoms. The molecule has 0 radical (unpaired) electrons. The molecule has 0 N–H and O–H groups in total. The predicted molar refractivity (Wildman–Crippen MR) is 89.8 cm³/mol. The lowest BCUT2D eigenvalue weighted by molar-refractivity contribution is -0.384. The fourth-order valence-electron chi connectivity index (χ4n) is 1.67. The summed E-state index contributed by atoms with van der Waals surface area (Å²) in [6.45, 7) is 4.59. The Morgan fingerprint density at radius 3 is 2.43 bits per heavy atom. The molecule has 1 aromatic rings. The Kier molecular flexibility index (Phi) is 7.31. The molecule has 0 fully saturated rings. The molecule has 0 saturated carbocycles. The van der Waals surface area contributed by atoms with Gasteiger partial charge in [-0.25, -0.2) is 0 Å². The van der Waals surface area contributed by atoms with Crippen LogP contribution in [0.25, 0.3) is 0 Å². The van der Waals surface area contributed by atoms with Gasteiger partial charge in [-0.1, -0.05) is 44.2 Å². The molecule has 1 amide bonds. The molecule has 0 spiro atoms. The maximum Gasteiger partial charge on any atom is 0.269 e. The summed E-state index contributed by atoms with van der Waals surface area (Å²) in [5.74, 6) is 0.596. The molecule has 5 nitrogen and oxygen atoms in total. The van der Waals surface area contributed by atoms with E-state index in [0.29, 0.717) is 16.4 Å². The van der Waals surface area contributed by atoms with Gasteiger partial charge in [0.1, 0.15) is 4.32 Å². The van der Waals surface area contributed by atoms with E-state index in [4.69, 9.17) is 12.2 Å². The van der Waals surface area contributed by atoms with Gasteiger partial charge >= 0.3 is 0 Å². The number of thioether (sulfide) groups is 1. The average molecular weight is 326 g/mol. The first-order chi connectivity index (χ1) is 10.0. The van der Waals surface area contributed by atoms with Crippen molar-refractivity contribution < 1.29 is 9.72 Å². The maximum atomic E-state index is 12.5. The number of nitro benzene ring substituents is 1. The normalized spacial score (nSPS) is 10.2. The number of nitro groups is 1. The van der Waals surface area contributed by atoms with Crippen molar-refractivity contribution in [3.05, 3.63) is 39.9 Å². The third kappa shape index (κ3) is 5.09. The highest BCUT2D eigenvalue weighted by Gasteiger charge is 2.20. The summed E-state index contributed by atoms with van der Waals surface area (Å²) in [6.07, 6.45) is 1.83. The van der Waals surface area contributed by atoms with Crippen molar-refractivity contribution in [2.24, 2.45) is 0 Å². The number of amides is 1. The predicted octanol–water partition coefficient (Wildman–Crippen LogP) is 3.88. The first-order valence-corrected chi connectivity index (χ1v) is 8.13. The Labute approximate surface area is 133 Å². The molecule has 0 heterocycles. The van der Waals surface area contributed by atoms with Crippen molar-refractivity contribution in [3.63, 3.8) is 0 Å². The summed E-state index contributed by atoms with van der Waals surface area (Å²) < 4.78 is 0.550. The molecule has 0 aliphatic rings. The van der Waals surface area contributed by atoms with Crippen LogP contribution in [-0.2, 0) is 0 Å². The van der Waals surface area contributed by atoms with Gasteiger partial charge in [0.15, 0.2) is 0 Å². The van der Waals surface area contributed by atoms with E-state index in [1.54, 1.807) is 4.90 Å². The summed E-state index contributed by atoms with van der Waals surface area (Å²) in [5, 5.41) is 10.6. The molecular weight excluding hydrogens is 308 g/mol. The highest BCUT2D eigenvalue weighted by molar-refractivity contribution is 8.22. The van der Waals surface area contributed by atoms with Crippen LogP contribution in [-0.4, -0.2) is 32.3 Å². The summed E-state index contributed by atoms with van der Waals surface area (Å²) in [5.41, 5.74) is 0.382. The molecule has 0 atom stereocenters. The van der Waals surface area contributed by atoms with Crippen LogP contribution >= 0.6 is 24.0 Å². The second-order valence-corrected chi connectivity index (χ2v) is 6.21. The minimum atomic E-state index is -0.485. The summed E-state index contributed by atoms with van der Waals surface area (Å²) >= 11 is 6.74. The van der Waals surface area contributed by atoms with Gasteiger partial charge in [-0.15, -0.1) is 0 Å². The van der Waals surface area contributed by atoms with Gasteiger partial charge in [-0.05, 0) is 24.3 Å². The number of non-ortho nitro benzene ring substituents is 1. The number of carbonyl (C=O) groups is 1. The minimum Gasteiger partial charge on any atom is -0.294 e. The number of unbranched alkanes of at least 4 members (excludes halogenated alkanes) is 1. The van der Waals surface area contributed by atoms with Crippen LogP contribution in [0.4, 0.5) is 5.69 Å². The second-order valence-electron chi connectivity index (χ2n) is 4.31. The van der Waals surface area contributed by atoms with Gasteiger partial charge in [0.2, 0.25) is 0 Å². The maximum absolute atomic E-state index is 12.5. The van der Waals surface area contributed by atoms with Gasteiger partial charge in [0.25, 0.3) is 11.6 Å². The second kappa shape index (κ2) is 8.74. The topological polar surface area (TPSA) is 63.5 Å². The molecule has 0 aliphatic carbocycles. The molecule has 114 valence electrons. The number of rotatable bonds is 6. The number of benzene rings is 1. The highest BCUT2D eigenvalue weighted by Crippen LogP contribution is 2.17.